The third kappa shape index (κ3) is 4.38. The third-order valence-electron chi connectivity index (χ3n) is 6.59. The number of carbonyl (C=O) groups excluding carboxylic acids is 2. The number of carbonyl (C=O) groups is 2. The number of rotatable bonds is 8. The summed E-state index contributed by atoms with van der Waals surface area (Å²) in [5.74, 6) is -0.530. The zero-order valence-electron chi connectivity index (χ0n) is 20.1. The molecule has 0 fully saturated rings. The zero-order valence-corrected chi connectivity index (χ0v) is 21.0. The number of nitrogens with one attached hydrogen (secondary N) is 2. The van der Waals surface area contributed by atoms with Crippen molar-refractivity contribution in [3.63, 3.8) is 0 Å². The van der Waals surface area contributed by atoms with Crippen molar-refractivity contribution in [2.24, 2.45) is 0 Å². The van der Waals surface area contributed by atoms with Gasteiger partial charge in [-0.15, -0.1) is 10.2 Å². The van der Waals surface area contributed by atoms with Crippen LogP contribution < -0.4 is 5.32 Å². The fourth-order valence-corrected chi connectivity index (χ4v) is 5.54. The van der Waals surface area contributed by atoms with Crippen LogP contribution in [0.15, 0.2) is 72.8 Å². The second-order valence-corrected chi connectivity index (χ2v) is 9.98. The molecule has 2 N–H and O–H groups in total. The Balaban J connectivity index is 1.26. The monoisotopic (exact) mass is 508 g/mol. The molecule has 1 aliphatic heterocycles. The van der Waals surface area contributed by atoms with Crippen molar-refractivity contribution in [1.29, 1.82) is 0 Å². The van der Waals surface area contributed by atoms with Gasteiger partial charge in [0.05, 0.1) is 22.7 Å². The van der Waals surface area contributed by atoms with Crippen LogP contribution in [0, 0.1) is 0 Å². The topological polar surface area (TPSA) is 104 Å². The second-order valence-electron chi connectivity index (χ2n) is 9.00. The van der Waals surface area contributed by atoms with Gasteiger partial charge in [-0.05, 0) is 48.7 Å². The predicted octanol–water partition coefficient (Wildman–Crippen LogP) is 4.96. The van der Waals surface area contributed by atoms with E-state index in [-0.39, 0.29) is 24.4 Å². The fourth-order valence-electron chi connectivity index (χ4n) is 4.72. The van der Waals surface area contributed by atoms with E-state index in [1.54, 1.807) is 24.3 Å². The van der Waals surface area contributed by atoms with E-state index < -0.39 is 0 Å². The highest BCUT2D eigenvalue weighted by Gasteiger charge is 2.36. The normalized spacial score (nSPS) is 13.8. The zero-order chi connectivity index (χ0) is 25.4. The SMILES string of the molecule is CCc1[nH]nc2ccc(-c3nnc(N[C@H](Cc4ccccc4)CN4C(=O)c5ccccc5C4=O)s3)cc12. The van der Waals surface area contributed by atoms with Gasteiger partial charge in [-0.2, -0.15) is 5.10 Å². The summed E-state index contributed by atoms with van der Waals surface area (Å²) >= 11 is 1.44. The van der Waals surface area contributed by atoms with Gasteiger partial charge >= 0.3 is 0 Å². The van der Waals surface area contributed by atoms with E-state index in [4.69, 9.17) is 0 Å². The van der Waals surface area contributed by atoms with E-state index in [1.807, 2.05) is 42.5 Å². The maximum atomic E-state index is 13.0. The van der Waals surface area contributed by atoms with Gasteiger partial charge in [0.25, 0.3) is 11.8 Å². The molecule has 2 aromatic heterocycles. The molecule has 37 heavy (non-hydrogen) atoms. The number of nitrogens with zero attached hydrogens (tertiary/aromatic N) is 4. The predicted molar refractivity (Wildman–Crippen MR) is 144 cm³/mol. The molecule has 0 radical (unpaired) electrons. The first-order valence-electron chi connectivity index (χ1n) is 12.2. The largest absolute Gasteiger partial charge is 0.355 e. The highest BCUT2D eigenvalue weighted by Crippen LogP contribution is 2.31. The Morgan fingerprint density at radius 3 is 2.41 bits per heavy atom. The summed E-state index contributed by atoms with van der Waals surface area (Å²) in [7, 11) is 0. The lowest BCUT2D eigenvalue weighted by Crippen LogP contribution is -2.41. The summed E-state index contributed by atoms with van der Waals surface area (Å²) in [5, 5.41) is 22.2. The van der Waals surface area contributed by atoms with Gasteiger partial charge in [-0.25, -0.2) is 0 Å². The summed E-state index contributed by atoms with van der Waals surface area (Å²) in [5.41, 5.74) is 4.97. The molecule has 0 saturated carbocycles. The van der Waals surface area contributed by atoms with Crippen LogP contribution in [0.5, 0.6) is 0 Å². The average Bonchev–Trinajstić information content (AvgIpc) is 3.63. The van der Waals surface area contributed by atoms with Crippen LogP contribution in [0.1, 0.15) is 38.9 Å². The number of aromatic nitrogens is 4. The van der Waals surface area contributed by atoms with Crippen molar-refractivity contribution in [3.8, 4) is 10.6 Å². The lowest BCUT2D eigenvalue weighted by atomic mass is 10.1. The van der Waals surface area contributed by atoms with Crippen LogP contribution in [0.2, 0.25) is 0 Å². The number of fused-ring (bicyclic) bond motifs is 2. The number of amides is 2. The minimum Gasteiger partial charge on any atom is -0.355 e. The highest BCUT2D eigenvalue weighted by atomic mass is 32.1. The van der Waals surface area contributed by atoms with Crippen molar-refractivity contribution in [2.75, 3.05) is 11.9 Å². The minimum atomic E-state index is -0.265. The first kappa shape index (κ1) is 23.1. The Morgan fingerprint density at radius 2 is 1.68 bits per heavy atom. The summed E-state index contributed by atoms with van der Waals surface area (Å²) < 4.78 is 0. The first-order chi connectivity index (χ1) is 18.1. The number of hydrogen-bond acceptors (Lipinski definition) is 7. The van der Waals surface area contributed by atoms with Gasteiger partial charge in [-0.3, -0.25) is 19.6 Å². The van der Waals surface area contributed by atoms with E-state index in [1.165, 1.54) is 16.2 Å². The van der Waals surface area contributed by atoms with Crippen LogP contribution in [0.25, 0.3) is 21.5 Å². The molecule has 6 rings (SSSR count). The number of aryl methyl sites for hydroxylation is 1. The first-order valence-corrected chi connectivity index (χ1v) is 13.0. The number of aromatic amines is 1. The van der Waals surface area contributed by atoms with Gasteiger partial charge in [0, 0.05) is 23.2 Å². The molecule has 3 aromatic carbocycles. The molecule has 0 saturated heterocycles. The number of imide groups is 1. The molecule has 9 heteroatoms. The maximum Gasteiger partial charge on any atom is 0.261 e. The Labute approximate surface area is 217 Å². The number of hydrogen-bond donors (Lipinski definition) is 2. The lowest BCUT2D eigenvalue weighted by Gasteiger charge is -2.23. The van der Waals surface area contributed by atoms with Gasteiger partial charge in [-0.1, -0.05) is 60.7 Å². The molecule has 2 amide bonds. The molecule has 1 aliphatic rings. The Kier molecular flexibility index (Phi) is 5.97. The van der Waals surface area contributed by atoms with E-state index >= 15 is 0 Å². The molecule has 0 aliphatic carbocycles. The summed E-state index contributed by atoms with van der Waals surface area (Å²) in [4.78, 5) is 27.4. The van der Waals surface area contributed by atoms with Crippen molar-refractivity contribution in [2.45, 2.75) is 25.8 Å². The van der Waals surface area contributed by atoms with Gasteiger partial charge in [0.1, 0.15) is 5.01 Å². The van der Waals surface area contributed by atoms with E-state index in [0.29, 0.717) is 22.7 Å². The van der Waals surface area contributed by atoms with E-state index in [9.17, 15) is 9.59 Å². The summed E-state index contributed by atoms with van der Waals surface area (Å²) in [6.45, 7) is 2.31. The van der Waals surface area contributed by atoms with Crippen LogP contribution in [-0.4, -0.2) is 49.7 Å². The molecule has 8 nitrogen and oxygen atoms in total. The van der Waals surface area contributed by atoms with E-state index in [2.05, 4.69) is 38.7 Å². The Hall–Kier alpha value is -4.37. The molecule has 0 bridgehead atoms. The quantitative estimate of drug-likeness (QED) is 0.287. The molecule has 5 aromatic rings. The maximum absolute atomic E-state index is 13.0. The summed E-state index contributed by atoms with van der Waals surface area (Å²) in [6.07, 6.45) is 1.48. The van der Waals surface area contributed by atoms with E-state index in [0.717, 1.165) is 39.2 Å². The second kappa shape index (κ2) is 9.59. The molecule has 1 atom stereocenters. The number of anilines is 1. The number of H-pyrrole nitrogens is 1. The van der Waals surface area contributed by atoms with Gasteiger partial charge in [0.2, 0.25) is 5.13 Å². The molecule has 0 spiro atoms. The van der Waals surface area contributed by atoms with Crippen LogP contribution in [-0.2, 0) is 12.8 Å². The van der Waals surface area contributed by atoms with Crippen LogP contribution in [0.4, 0.5) is 5.13 Å². The van der Waals surface area contributed by atoms with Crippen molar-refractivity contribution < 1.29 is 9.59 Å². The molecular formula is C28H24N6O2S. The molecular weight excluding hydrogens is 484 g/mol. The Morgan fingerprint density at radius 1 is 0.946 bits per heavy atom. The molecule has 0 unspecified atom stereocenters. The third-order valence-corrected chi connectivity index (χ3v) is 7.50. The van der Waals surface area contributed by atoms with Gasteiger partial charge < -0.3 is 5.32 Å². The minimum absolute atomic E-state index is 0.219. The van der Waals surface area contributed by atoms with Crippen LogP contribution >= 0.6 is 11.3 Å². The summed E-state index contributed by atoms with van der Waals surface area (Å²) in [6, 6.07) is 22.8. The van der Waals surface area contributed by atoms with Crippen LogP contribution in [0.3, 0.4) is 0 Å². The lowest BCUT2D eigenvalue weighted by molar-refractivity contribution is 0.0647. The standard InChI is InChI=1S/C28H24N6O2S/c1-2-23-22-15-18(12-13-24(22)31-30-23)25-32-33-28(37-25)29-19(14-17-8-4-3-5-9-17)16-34-26(35)20-10-6-7-11-21(20)27(34)36/h3-13,15,19H,2,14,16H2,1H3,(H,29,33)(H,30,31)/t19-/m1/s1. The number of benzene rings is 3. The van der Waals surface area contributed by atoms with Crippen molar-refractivity contribution in [1.82, 2.24) is 25.3 Å². The van der Waals surface area contributed by atoms with Crippen molar-refractivity contribution >= 4 is 39.2 Å². The molecule has 3 heterocycles. The fraction of sp³-hybridized carbons (Fsp3) is 0.179. The molecule has 184 valence electrons. The Bertz CT molecular complexity index is 1570. The average molecular weight is 509 g/mol. The highest BCUT2D eigenvalue weighted by molar-refractivity contribution is 7.18. The smallest absolute Gasteiger partial charge is 0.261 e. The van der Waals surface area contributed by atoms with Crippen molar-refractivity contribution in [3.05, 3.63) is 95.2 Å². The van der Waals surface area contributed by atoms with Gasteiger partial charge in [0.15, 0.2) is 0 Å².